The summed E-state index contributed by atoms with van der Waals surface area (Å²) < 4.78 is 7.96. The third-order valence-electron chi connectivity index (χ3n) is 1.54. The maximum absolute atomic E-state index is 5.64. The molecule has 0 spiro atoms. The Morgan fingerprint density at radius 3 is 1.78 bits per heavy atom. The summed E-state index contributed by atoms with van der Waals surface area (Å²) in [6, 6.07) is 0. The fourth-order valence-corrected chi connectivity index (χ4v) is 2.30. The van der Waals surface area contributed by atoms with Gasteiger partial charge in [0.05, 0.1) is 12.2 Å². The lowest BCUT2D eigenvalue weighted by Crippen LogP contribution is -2.12. The molecule has 1 nitrogen and oxygen atoms in total. The highest BCUT2D eigenvalue weighted by Crippen LogP contribution is 2.22. The summed E-state index contributed by atoms with van der Waals surface area (Å²) in [5.74, 6) is 0. The summed E-state index contributed by atoms with van der Waals surface area (Å²) in [4.78, 5) is 0. The van der Waals surface area contributed by atoms with Gasteiger partial charge in [0.15, 0.2) is 0 Å². The van der Waals surface area contributed by atoms with Crippen LogP contribution in [0.5, 0.6) is 0 Å². The molecule has 9 heavy (non-hydrogen) atoms. The van der Waals surface area contributed by atoms with Crippen LogP contribution >= 0.6 is 45.2 Å². The standard InChI is InChI=1S/C6H10I2O/c7-3-5-1-2-6(4-8)9-5/h5-6H,1-4H2/t5-,6+. The van der Waals surface area contributed by atoms with Crippen molar-refractivity contribution in [2.24, 2.45) is 0 Å². The lowest BCUT2D eigenvalue weighted by molar-refractivity contribution is 0.0760. The Kier molecular flexibility index (Phi) is 4.10. The van der Waals surface area contributed by atoms with E-state index in [9.17, 15) is 0 Å². The number of rotatable bonds is 2. The van der Waals surface area contributed by atoms with Crippen LogP contribution in [0.1, 0.15) is 12.8 Å². The molecule has 1 rings (SSSR count). The van der Waals surface area contributed by atoms with Crippen molar-refractivity contribution in [3.8, 4) is 0 Å². The normalized spacial score (nSPS) is 35.3. The first-order valence-electron chi connectivity index (χ1n) is 3.14. The van der Waals surface area contributed by atoms with Gasteiger partial charge in [-0.1, -0.05) is 45.2 Å². The van der Waals surface area contributed by atoms with Crippen molar-refractivity contribution in [1.82, 2.24) is 0 Å². The van der Waals surface area contributed by atoms with Gasteiger partial charge in [0.1, 0.15) is 0 Å². The summed E-state index contributed by atoms with van der Waals surface area (Å²) in [6.07, 6.45) is 3.67. The van der Waals surface area contributed by atoms with Crippen molar-refractivity contribution >= 4 is 45.2 Å². The molecule has 0 amide bonds. The van der Waals surface area contributed by atoms with E-state index in [1.807, 2.05) is 0 Å². The van der Waals surface area contributed by atoms with Crippen LogP contribution in [-0.4, -0.2) is 21.1 Å². The van der Waals surface area contributed by atoms with E-state index in [2.05, 4.69) is 45.2 Å². The fraction of sp³-hybridized carbons (Fsp3) is 1.00. The summed E-state index contributed by atoms with van der Waals surface area (Å²) in [6.45, 7) is 0. The Hall–Kier alpha value is 1.42. The number of hydrogen-bond donors (Lipinski definition) is 0. The lowest BCUT2D eigenvalue weighted by Gasteiger charge is -2.07. The first kappa shape index (κ1) is 8.52. The molecule has 3 heteroatoms. The highest BCUT2D eigenvalue weighted by Gasteiger charge is 2.22. The zero-order valence-electron chi connectivity index (χ0n) is 5.15. The van der Waals surface area contributed by atoms with E-state index in [4.69, 9.17) is 4.74 Å². The van der Waals surface area contributed by atoms with E-state index < -0.39 is 0 Å². The summed E-state index contributed by atoms with van der Waals surface area (Å²) in [7, 11) is 0. The zero-order valence-corrected chi connectivity index (χ0v) is 9.46. The van der Waals surface area contributed by atoms with Gasteiger partial charge in [-0.2, -0.15) is 0 Å². The Bertz CT molecular complexity index is 77.1. The van der Waals surface area contributed by atoms with Crippen molar-refractivity contribution < 1.29 is 4.74 Å². The van der Waals surface area contributed by atoms with E-state index in [0.717, 1.165) is 8.86 Å². The molecule has 2 atom stereocenters. The van der Waals surface area contributed by atoms with E-state index in [1.54, 1.807) is 0 Å². The monoisotopic (exact) mass is 352 g/mol. The van der Waals surface area contributed by atoms with Gasteiger partial charge in [-0.15, -0.1) is 0 Å². The van der Waals surface area contributed by atoms with Gasteiger partial charge in [-0.25, -0.2) is 0 Å². The molecule has 1 heterocycles. The highest BCUT2D eigenvalue weighted by atomic mass is 127. The second-order valence-corrected chi connectivity index (χ2v) is 4.03. The third-order valence-corrected chi connectivity index (χ3v) is 3.50. The average Bonchev–Trinajstić information content (AvgIpc) is 2.34. The third kappa shape index (κ3) is 2.49. The molecule has 0 N–H and O–H groups in total. The Balaban J connectivity index is 2.20. The predicted octanol–water partition coefficient (Wildman–Crippen LogP) is 2.40. The molecule has 0 aromatic rings. The van der Waals surface area contributed by atoms with Gasteiger partial charge in [-0.3, -0.25) is 0 Å². The number of halogens is 2. The van der Waals surface area contributed by atoms with Crippen LogP contribution in [0.3, 0.4) is 0 Å². The molecule has 0 radical (unpaired) electrons. The minimum Gasteiger partial charge on any atom is -0.373 e. The molecule has 0 aliphatic carbocycles. The van der Waals surface area contributed by atoms with Crippen molar-refractivity contribution in [1.29, 1.82) is 0 Å². The molecule has 1 fully saturated rings. The van der Waals surface area contributed by atoms with Crippen molar-refractivity contribution in [2.45, 2.75) is 25.0 Å². The predicted molar refractivity (Wildman–Crippen MR) is 55.7 cm³/mol. The van der Waals surface area contributed by atoms with E-state index in [-0.39, 0.29) is 0 Å². The molecule has 1 aliphatic heterocycles. The molecule has 0 aromatic carbocycles. The van der Waals surface area contributed by atoms with Gasteiger partial charge in [-0.05, 0) is 12.8 Å². The van der Waals surface area contributed by atoms with Crippen LogP contribution in [0, 0.1) is 0 Å². The first-order valence-corrected chi connectivity index (χ1v) is 6.19. The molecule has 1 aliphatic rings. The number of ether oxygens (including phenoxy) is 1. The molecular weight excluding hydrogens is 342 g/mol. The highest BCUT2D eigenvalue weighted by molar-refractivity contribution is 14.1. The van der Waals surface area contributed by atoms with Crippen molar-refractivity contribution in [3.63, 3.8) is 0 Å². The maximum atomic E-state index is 5.64. The summed E-state index contributed by atoms with van der Waals surface area (Å²) >= 11 is 4.78. The van der Waals surface area contributed by atoms with Crippen molar-refractivity contribution in [2.75, 3.05) is 8.86 Å². The Morgan fingerprint density at radius 2 is 1.56 bits per heavy atom. The van der Waals surface area contributed by atoms with Crippen LogP contribution in [0.15, 0.2) is 0 Å². The second kappa shape index (κ2) is 4.33. The van der Waals surface area contributed by atoms with Gasteiger partial charge < -0.3 is 4.74 Å². The SMILES string of the molecule is IC[C@@H]1CC[C@H](CI)O1. The molecule has 54 valence electrons. The zero-order chi connectivity index (χ0) is 6.69. The smallest absolute Gasteiger partial charge is 0.0669 e. The van der Waals surface area contributed by atoms with Gasteiger partial charge in [0.25, 0.3) is 0 Å². The summed E-state index contributed by atoms with van der Waals surface area (Å²) in [5, 5.41) is 0. The minimum atomic E-state index is 0.561. The first-order chi connectivity index (χ1) is 4.36. The molecule has 0 bridgehead atoms. The minimum absolute atomic E-state index is 0.561. The Morgan fingerprint density at radius 1 is 1.11 bits per heavy atom. The maximum Gasteiger partial charge on any atom is 0.0669 e. The number of alkyl halides is 2. The van der Waals surface area contributed by atoms with Crippen LogP contribution in [0.2, 0.25) is 0 Å². The molecule has 0 unspecified atom stereocenters. The molecule has 0 saturated carbocycles. The van der Waals surface area contributed by atoms with Crippen LogP contribution in [-0.2, 0) is 4.74 Å². The topological polar surface area (TPSA) is 9.23 Å². The molecular formula is C6H10I2O. The molecule has 0 aromatic heterocycles. The summed E-state index contributed by atoms with van der Waals surface area (Å²) in [5.41, 5.74) is 0. The van der Waals surface area contributed by atoms with Gasteiger partial charge >= 0.3 is 0 Å². The van der Waals surface area contributed by atoms with E-state index in [1.165, 1.54) is 12.8 Å². The quantitative estimate of drug-likeness (QED) is 0.548. The van der Waals surface area contributed by atoms with E-state index >= 15 is 0 Å². The van der Waals surface area contributed by atoms with Crippen LogP contribution in [0.4, 0.5) is 0 Å². The van der Waals surface area contributed by atoms with Gasteiger partial charge in [0, 0.05) is 8.86 Å². The van der Waals surface area contributed by atoms with Crippen LogP contribution in [0.25, 0.3) is 0 Å². The number of hydrogen-bond acceptors (Lipinski definition) is 1. The lowest BCUT2D eigenvalue weighted by atomic mass is 10.2. The second-order valence-electron chi connectivity index (χ2n) is 2.27. The largest absolute Gasteiger partial charge is 0.373 e. The van der Waals surface area contributed by atoms with E-state index in [0.29, 0.717) is 12.2 Å². The molecule has 1 saturated heterocycles. The fourth-order valence-electron chi connectivity index (χ4n) is 1.01. The Labute approximate surface area is 83.2 Å². The van der Waals surface area contributed by atoms with Crippen molar-refractivity contribution in [3.05, 3.63) is 0 Å². The van der Waals surface area contributed by atoms with Crippen LogP contribution < -0.4 is 0 Å². The average molecular weight is 352 g/mol. The van der Waals surface area contributed by atoms with Gasteiger partial charge in [0.2, 0.25) is 0 Å².